The normalized spacial score (nSPS) is 10.2. The van der Waals surface area contributed by atoms with Crippen molar-refractivity contribution in [2.75, 3.05) is 11.9 Å². The molecular formula is C14H14FN3S. The van der Waals surface area contributed by atoms with Crippen molar-refractivity contribution < 1.29 is 4.39 Å². The molecule has 0 saturated carbocycles. The summed E-state index contributed by atoms with van der Waals surface area (Å²) < 4.78 is 12.9. The Morgan fingerprint density at radius 2 is 2.00 bits per heavy atom. The van der Waals surface area contributed by atoms with Gasteiger partial charge in [-0.25, -0.2) is 9.37 Å². The van der Waals surface area contributed by atoms with Crippen LogP contribution >= 0.6 is 12.2 Å². The minimum atomic E-state index is -0.243. The maximum Gasteiger partial charge on any atom is 0.138 e. The van der Waals surface area contributed by atoms with Gasteiger partial charge >= 0.3 is 0 Å². The maximum atomic E-state index is 12.9. The summed E-state index contributed by atoms with van der Waals surface area (Å²) >= 11 is 5.01. The standard InChI is InChI=1S/C14H14FN3S/c1-18(9-10-4-6-11(15)7-5-10)14-12(13(16)19)3-2-8-17-14/h2-8H,9H2,1H3,(H2,16,19). The van der Waals surface area contributed by atoms with E-state index in [1.165, 1.54) is 12.1 Å². The molecule has 0 spiro atoms. The minimum absolute atomic E-state index is 0.243. The Bertz CT molecular complexity index is 583. The molecule has 0 atom stereocenters. The van der Waals surface area contributed by atoms with Crippen molar-refractivity contribution >= 4 is 23.0 Å². The molecule has 1 aromatic heterocycles. The molecule has 0 aliphatic rings. The lowest BCUT2D eigenvalue weighted by molar-refractivity contribution is 0.627. The van der Waals surface area contributed by atoms with Crippen LogP contribution < -0.4 is 10.6 Å². The number of anilines is 1. The van der Waals surface area contributed by atoms with E-state index in [9.17, 15) is 4.39 Å². The quantitative estimate of drug-likeness (QED) is 0.871. The van der Waals surface area contributed by atoms with Gasteiger partial charge < -0.3 is 10.6 Å². The monoisotopic (exact) mass is 275 g/mol. The molecule has 5 heteroatoms. The molecule has 2 aromatic rings. The average Bonchev–Trinajstić information content (AvgIpc) is 2.41. The predicted octanol–water partition coefficient (Wildman–Crippen LogP) is 2.49. The van der Waals surface area contributed by atoms with Gasteiger partial charge in [0.2, 0.25) is 0 Å². The van der Waals surface area contributed by atoms with Crippen molar-refractivity contribution in [2.45, 2.75) is 6.54 Å². The molecule has 0 saturated heterocycles. The van der Waals surface area contributed by atoms with E-state index in [-0.39, 0.29) is 5.82 Å². The van der Waals surface area contributed by atoms with Gasteiger partial charge in [0, 0.05) is 19.8 Å². The molecule has 0 amide bonds. The van der Waals surface area contributed by atoms with Crippen LogP contribution in [0, 0.1) is 5.82 Å². The first-order valence-corrected chi connectivity index (χ1v) is 6.19. The Morgan fingerprint density at radius 3 is 2.63 bits per heavy atom. The lowest BCUT2D eigenvalue weighted by Gasteiger charge is -2.20. The van der Waals surface area contributed by atoms with Gasteiger partial charge in [0.1, 0.15) is 16.6 Å². The van der Waals surface area contributed by atoms with Gasteiger partial charge in [0.15, 0.2) is 0 Å². The first-order valence-electron chi connectivity index (χ1n) is 5.78. The lowest BCUT2D eigenvalue weighted by atomic mass is 10.2. The number of thiocarbonyl (C=S) groups is 1. The van der Waals surface area contributed by atoms with E-state index < -0.39 is 0 Å². The molecule has 3 nitrogen and oxygen atoms in total. The number of hydrogen-bond donors (Lipinski definition) is 1. The summed E-state index contributed by atoms with van der Waals surface area (Å²) in [5.41, 5.74) is 7.41. The summed E-state index contributed by atoms with van der Waals surface area (Å²) in [6.07, 6.45) is 1.69. The number of nitrogens with two attached hydrogens (primary N) is 1. The Labute approximate surface area is 116 Å². The van der Waals surface area contributed by atoms with E-state index in [0.717, 1.165) is 16.9 Å². The highest BCUT2D eigenvalue weighted by Gasteiger charge is 2.10. The summed E-state index contributed by atoms with van der Waals surface area (Å²) in [6.45, 7) is 0.604. The number of halogens is 1. The van der Waals surface area contributed by atoms with E-state index in [2.05, 4.69) is 4.98 Å². The highest BCUT2D eigenvalue weighted by molar-refractivity contribution is 7.80. The molecule has 0 fully saturated rings. The van der Waals surface area contributed by atoms with Crippen molar-refractivity contribution in [3.05, 3.63) is 59.5 Å². The number of pyridine rings is 1. The summed E-state index contributed by atoms with van der Waals surface area (Å²) in [4.78, 5) is 6.54. The molecule has 19 heavy (non-hydrogen) atoms. The van der Waals surface area contributed by atoms with Gasteiger partial charge in [-0.3, -0.25) is 0 Å². The Kier molecular flexibility index (Phi) is 4.06. The highest BCUT2D eigenvalue weighted by Crippen LogP contribution is 2.18. The smallest absolute Gasteiger partial charge is 0.138 e. The van der Waals surface area contributed by atoms with E-state index in [4.69, 9.17) is 18.0 Å². The van der Waals surface area contributed by atoms with Crippen LogP contribution in [0.3, 0.4) is 0 Å². The number of hydrogen-bond acceptors (Lipinski definition) is 3. The van der Waals surface area contributed by atoms with Crippen molar-refractivity contribution in [2.24, 2.45) is 5.73 Å². The van der Waals surface area contributed by atoms with Gasteiger partial charge in [-0.1, -0.05) is 24.4 Å². The first kappa shape index (κ1) is 13.4. The molecule has 0 radical (unpaired) electrons. The second-order valence-electron chi connectivity index (χ2n) is 4.22. The molecule has 2 rings (SSSR count). The van der Waals surface area contributed by atoms with Crippen LogP contribution in [0.25, 0.3) is 0 Å². The van der Waals surface area contributed by atoms with E-state index >= 15 is 0 Å². The van der Waals surface area contributed by atoms with Crippen LogP contribution in [0.2, 0.25) is 0 Å². The minimum Gasteiger partial charge on any atom is -0.389 e. The van der Waals surface area contributed by atoms with Gasteiger partial charge in [-0.15, -0.1) is 0 Å². The SMILES string of the molecule is CN(Cc1ccc(F)cc1)c1ncccc1C(N)=S. The van der Waals surface area contributed by atoms with Crippen molar-refractivity contribution in [1.82, 2.24) is 4.98 Å². The maximum absolute atomic E-state index is 12.9. The van der Waals surface area contributed by atoms with Crippen molar-refractivity contribution in [3.8, 4) is 0 Å². The molecule has 98 valence electrons. The zero-order valence-corrected chi connectivity index (χ0v) is 11.3. The second kappa shape index (κ2) is 5.75. The summed E-state index contributed by atoms with van der Waals surface area (Å²) in [5.74, 6) is 0.479. The molecule has 2 N–H and O–H groups in total. The van der Waals surface area contributed by atoms with Crippen LogP contribution in [0.4, 0.5) is 10.2 Å². The molecule has 0 aliphatic carbocycles. The molecule has 0 unspecified atom stereocenters. The zero-order chi connectivity index (χ0) is 13.8. The summed E-state index contributed by atoms with van der Waals surface area (Å²) in [7, 11) is 1.90. The van der Waals surface area contributed by atoms with Gasteiger partial charge in [-0.2, -0.15) is 0 Å². The van der Waals surface area contributed by atoms with E-state index in [0.29, 0.717) is 11.5 Å². The Hall–Kier alpha value is -2.01. The number of rotatable bonds is 4. The predicted molar refractivity (Wildman–Crippen MR) is 78.6 cm³/mol. The Balaban J connectivity index is 2.22. The molecule has 0 aliphatic heterocycles. The van der Waals surface area contributed by atoms with Crippen molar-refractivity contribution in [3.63, 3.8) is 0 Å². The fourth-order valence-electron chi connectivity index (χ4n) is 1.83. The van der Waals surface area contributed by atoms with Crippen LogP contribution in [0.5, 0.6) is 0 Å². The Morgan fingerprint density at radius 1 is 1.32 bits per heavy atom. The van der Waals surface area contributed by atoms with Crippen molar-refractivity contribution in [1.29, 1.82) is 0 Å². The van der Waals surface area contributed by atoms with E-state index in [1.54, 1.807) is 24.4 Å². The third kappa shape index (κ3) is 3.26. The summed E-state index contributed by atoms with van der Waals surface area (Å²) in [6, 6.07) is 10.0. The lowest BCUT2D eigenvalue weighted by Crippen LogP contribution is -2.22. The van der Waals surface area contributed by atoms with Crippen LogP contribution in [0.15, 0.2) is 42.6 Å². The highest BCUT2D eigenvalue weighted by atomic mass is 32.1. The average molecular weight is 275 g/mol. The van der Waals surface area contributed by atoms with Gasteiger partial charge in [-0.05, 0) is 29.8 Å². The van der Waals surface area contributed by atoms with Crippen LogP contribution in [0.1, 0.15) is 11.1 Å². The third-order valence-corrected chi connectivity index (χ3v) is 2.97. The fraction of sp³-hybridized carbons (Fsp3) is 0.143. The first-order chi connectivity index (χ1) is 9.08. The van der Waals surface area contributed by atoms with E-state index in [1.807, 2.05) is 18.0 Å². The number of aromatic nitrogens is 1. The molecule has 1 aromatic carbocycles. The molecular weight excluding hydrogens is 261 g/mol. The van der Waals surface area contributed by atoms with Gasteiger partial charge in [0.25, 0.3) is 0 Å². The van der Waals surface area contributed by atoms with Crippen LogP contribution in [-0.2, 0) is 6.54 Å². The number of benzene rings is 1. The van der Waals surface area contributed by atoms with Crippen LogP contribution in [-0.4, -0.2) is 17.0 Å². The number of nitrogens with zero attached hydrogens (tertiary/aromatic N) is 2. The topological polar surface area (TPSA) is 42.2 Å². The molecule has 0 bridgehead atoms. The second-order valence-corrected chi connectivity index (χ2v) is 4.66. The zero-order valence-electron chi connectivity index (χ0n) is 10.5. The largest absolute Gasteiger partial charge is 0.389 e. The summed E-state index contributed by atoms with van der Waals surface area (Å²) in [5, 5.41) is 0. The third-order valence-electron chi connectivity index (χ3n) is 2.75. The fourth-order valence-corrected chi connectivity index (χ4v) is 1.99. The van der Waals surface area contributed by atoms with Gasteiger partial charge in [0.05, 0.1) is 5.56 Å². The molecule has 1 heterocycles.